The van der Waals surface area contributed by atoms with Gasteiger partial charge in [-0.2, -0.15) is 4.79 Å². The monoisotopic (exact) mass is 246 g/mol. The zero-order chi connectivity index (χ0) is 13.4. The van der Waals surface area contributed by atoms with Gasteiger partial charge in [0.05, 0.1) is 13.0 Å². The average Bonchev–Trinajstić information content (AvgIpc) is 2.40. The Morgan fingerprint density at radius 3 is 2.67 bits per heavy atom. The van der Waals surface area contributed by atoms with Gasteiger partial charge < -0.3 is 15.4 Å². The fourth-order valence-electron chi connectivity index (χ4n) is 1.30. The third kappa shape index (κ3) is 3.88. The summed E-state index contributed by atoms with van der Waals surface area (Å²) in [6, 6.07) is 8.85. The molecule has 1 aromatic carbocycles. The largest absolute Gasteiger partial charge is 0.508 e. The molecule has 0 fully saturated rings. The Morgan fingerprint density at radius 1 is 1.44 bits per heavy atom. The second-order valence-electron chi connectivity index (χ2n) is 3.43. The lowest BCUT2D eigenvalue weighted by Gasteiger charge is -1.99. The van der Waals surface area contributed by atoms with E-state index in [1.807, 2.05) is 6.07 Å². The SMILES string of the molecule is CCOC(=O)C(C/C=C(\O)c1ccccc1)=[N+]=[N-]. The first kappa shape index (κ1) is 13.7. The maximum atomic E-state index is 11.3. The first-order valence-corrected chi connectivity index (χ1v) is 5.51. The number of nitrogens with zero attached hydrogens (tertiary/aromatic N) is 2. The van der Waals surface area contributed by atoms with Crippen LogP contribution in [0.5, 0.6) is 0 Å². The predicted octanol–water partition coefficient (Wildman–Crippen LogP) is 2.21. The van der Waals surface area contributed by atoms with Crippen LogP contribution < -0.4 is 0 Å². The van der Waals surface area contributed by atoms with Crippen LogP contribution in [0.4, 0.5) is 0 Å². The normalized spacial score (nSPS) is 10.6. The number of ether oxygens (including phenoxy) is 1. The highest BCUT2D eigenvalue weighted by Crippen LogP contribution is 2.11. The van der Waals surface area contributed by atoms with E-state index in [-0.39, 0.29) is 24.5 Å². The zero-order valence-corrected chi connectivity index (χ0v) is 10.0. The second kappa shape index (κ2) is 7.04. The molecule has 0 saturated carbocycles. The summed E-state index contributed by atoms with van der Waals surface area (Å²) in [6.45, 7) is 1.86. The van der Waals surface area contributed by atoms with Crippen molar-refractivity contribution < 1.29 is 19.4 Å². The Kier molecular flexibility index (Phi) is 5.35. The minimum atomic E-state index is -0.697. The summed E-state index contributed by atoms with van der Waals surface area (Å²) < 4.78 is 4.69. The van der Waals surface area contributed by atoms with E-state index in [0.717, 1.165) is 0 Å². The number of carbonyl (C=O) groups is 1. The summed E-state index contributed by atoms with van der Waals surface area (Å²) in [7, 11) is 0. The Balaban J connectivity index is 2.74. The number of rotatable bonds is 5. The second-order valence-corrected chi connectivity index (χ2v) is 3.43. The molecule has 0 spiro atoms. The lowest BCUT2D eigenvalue weighted by molar-refractivity contribution is -0.140. The molecule has 0 aliphatic rings. The van der Waals surface area contributed by atoms with E-state index < -0.39 is 5.97 Å². The van der Waals surface area contributed by atoms with Gasteiger partial charge in [-0.1, -0.05) is 30.3 Å². The molecule has 0 saturated heterocycles. The van der Waals surface area contributed by atoms with Crippen LogP contribution in [-0.2, 0) is 9.53 Å². The fourth-order valence-corrected chi connectivity index (χ4v) is 1.30. The number of allylic oxidation sites excluding steroid dienone is 1. The van der Waals surface area contributed by atoms with Crippen LogP contribution in [0.3, 0.4) is 0 Å². The Bertz CT molecular complexity index is 488. The molecule has 0 radical (unpaired) electrons. The minimum absolute atomic E-state index is 0.00391. The van der Waals surface area contributed by atoms with Crippen LogP contribution in [0.15, 0.2) is 36.4 Å². The molecule has 1 rings (SSSR count). The van der Waals surface area contributed by atoms with Gasteiger partial charge in [-0.15, -0.1) is 0 Å². The summed E-state index contributed by atoms with van der Waals surface area (Å²) in [6.07, 6.45) is 1.39. The summed E-state index contributed by atoms with van der Waals surface area (Å²) in [5.74, 6) is -0.682. The molecule has 5 heteroatoms. The van der Waals surface area contributed by atoms with Crippen molar-refractivity contribution >= 4 is 17.4 Å². The summed E-state index contributed by atoms with van der Waals surface area (Å²) in [4.78, 5) is 14.2. The molecule has 0 aliphatic carbocycles. The number of aliphatic hydroxyl groups is 1. The van der Waals surface area contributed by atoms with Crippen LogP contribution in [0.2, 0.25) is 0 Å². The van der Waals surface area contributed by atoms with Gasteiger partial charge in [0.1, 0.15) is 5.76 Å². The van der Waals surface area contributed by atoms with Gasteiger partial charge >= 0.3 is 11.7 Å². The van der Waals surface area contributed by atoms with Crippen LogP contribution >= 0.6 is 0 Å². The number of carbonyl (C=O) groups excluding carboxylic acids is 1. The smallest absolute Gasteiger partial charge is 0.417 e. The van der Waals surface area contributed by atoms with Gasteiger partial charge in [0.25, 0.3) is 0 Å². The van der Waals surface area contributed by atoms with Crippen molar-refractivity contribution in [1.29, 1.82) is 0 Å². The minimum Gasteiger partial charge on any atom is -0.508 e. The molecule has 0 aromatic heterocycles. The lowest BCUT2D eigenvalue weighted by Crippen LogP contribution is -2.17. The molecule has 0 aliphatic heterocycles. The van der Waals surface area contributed by atoms with Crippen molar-refractivity contribution in [3.63, 3.8) is 0 Å². The van der Waals surface area contributed by atoms with Crippen molar-refractivity contribution in [2.45, 2.75) is 13.3 Å². The highest BCUT2D eigenvalue weighted by atomic mass is 16.5. The number of hydrogen-bond donors (Lipinski definition) is 1. The topological polar surface area (TPSA) is 82.9 Å². The number of esters is 1. The van der Waals surface area contributed by atoms with Crippen molar-refractivity contribution in [2.24, 2.45) is 0 Å². The average molecular weight is 246 g/mol. The first-order valence-electron chi connectivity index (χ1n) is 5.51. The number of hydrogen-bond acceptors (Lipinski definition) is 3. The molecule has 0 atom stereocenters. The van der Waals surface area contributed by atoms with Gasteiger partial charge in [-0.25, -0.2) is 4.79 Å². The molecule has 18 heavy (non-hydrogen) atoms. The summed E-state index contributed by atoms with van der Waals surface area (Å²) in [5.41, 5.74) is 9.15. The molecule has 1 aromatic rings. The van der Waals surface area contributed by atoms with Crippen molar-refractivity contribution in [3.05, 3.63) is 47.5 Å². The van der Waals surface area contributed by atoms with Crippen molar-refractivity contribution in [2.75, 3.05) is 6.61 Å². The van der Waals surface area contributed by atoms with Gasteiger partial charge in [-0.3, -0.25) is 0 Å². The van der Waals surface area contributed by atoms with Gasteiger partial charge in [0.15, 0.2) is 0 Å². The number of aliphatic hydroxyl groups excluding tert-OH is 1. The summed E-state index contributed by atoms with van der Waals surface area (Å²) in [5, 5.41) is 9.75. The third-order valence-corrected chi connectivity index (χ3v) is 2.19. The number of benzene rings is 1. The zero-order valence-electron chi connectivity index (χ0n) is 10.0. The molecule has 0 heterocycles. The van der Waals surface area contributed by atoms with Crippen LogP contribution in [0.25, 0.3) is 11.3 Å². The lowest BCUT2D eigenvalue weighted by atomic mass is 10.1. The summed E-state index contributed by atoms with van der Waals surface area (Å²) >= 11 is 0. The molecular formula is C13H14N2O3. The maximum Gasteiger partial charge on any atom is 0.417 e. The molecule has 0 amide bonds. The highest BCUT2D eigenvalue weighted by molar-refractivity contribution is 6.34. The third-order valence-electron chi connectivity index (χ3n) is 2.19. The van der Waals surface area contributed by atoms with Gasteiger partial charge in [0.2, 0.25) is 0 Å². The van der Waals surface area contributed by atoms with Crippen molar-refractivity contribution in [3.8, 4) is 0 Å². The van der Waals surface area contributed by atoms with E-state index in [1.54, 1.807) is 31.2 Å². The molecule has 1 N–H and O–H groups in total. The standard InChI is InChI=1S/C13H14N2O3/c1-2-18-13(17)11(15-14)8-9-12(16)10-6-4-3-5-7-10/h3-7,9,16H,2,8H2,1H3/b12-9-. The van der Waals surface area contributed by atoms with E-state index in [1.165, 1.54) is 6.08 Å². The Labute approximate surface area is 105 Å². The molecular weight excluding hydrogens is 232 g/mol. The predicted molar refractivity (Wildman–Crippen MR) is 66.9 cm³/mol. The van der Waals surface area contributed by atoms with Gasteiger partial charge in [-0.05, 0) is 13.0 Å². The molecule has 0 unspecified atom stereocenters. The quantitative estimate of drug-likeness (QED) is 0.284. The maximum absolute atomic E-state index is 11.3. The molecule has 5 nitrogen and oxygen atoms in total. The highest BCUT2D eigenvalue weighted by Gasteiger charge is 2.20. The van der Waals surface area contributed by atoms with E-state index in [4.69, 9.17) is 10.3 Å². The van der Waals surface area contributed by atoms with E-state index in [0.29, 0.717) is 5.56 Å². The van der Waals surface area contributed by atoms with Crippen molar-refractivity contribution in [1.82, 2.24) is 0 Å². The van der Waals surface area contributed by atoms with Crippen LogP contribution in [0.1, 0.15) is 18.9 Å². The van der Waals surface area contributed by atoms with Gasteiger partial charge in [0, 0.05) is 5.56 Å². The molecule has 0 bridgehead atoms. The Hall–Kier alpha value is -2.39. The van der Waals surface area contributed by atoms with Crippen LogP contribution in [0, 0.1) is 0 Å². The Morgan fingerprint density at radius 2 is 2.11 bits per heavy atom. The fraction of sp³-hybridized carbons (Fsp3) is 0.231. The van der Waals surface area contributed by atoms with E-state index in [2.05, 4.69) is 4.79 Å². The first-order chi connectivity index (χ1) is 8.69. The van der Waals surface area contributed by atoms with E-state index in [9.17, 15) is 9.90 Å². The van der Waals surface area contributed by atoms with E-state index >= 15 is 0 Å². The molecule has 94 valence electrons. The van der Waals surface area contributed by atoms with Crippen LogP contribution in [-0.4, -0.2) is 28.2 Å².